The van der Waals surface area contributed by atoms with E-state index in [1.165, 1.54) is 12.1 Å². The van der Waals surface area contributed by atoms with Crippen LogP contribution in [0.5, 0.6) is 5.75 Å². The number of aliphatic hydroxyl groups is 1. The SMILES string of the molecule is CC1CC(C(=O)N(C)C23CCC(NC(=O)COc4ccc(Cl)c(F)c4)(CC2)[C@@H](O)C3)ON1. The van der Waals surface area contributed by atoms with Crippen LogP contribution in [-0.4, -0.2) is 64.8 Å². The number of likely N-dealkylation sites (N-methyl/N-ethyl adjacent to an activating group) is 1. The highest BCUT2D eigenvalue weighted by Gasteiger charge is 2.57. The molecule has 1 saturated heterocycles. The van der Waals surface area contributed by atoms with E-state index in [0.717, 1.165) is 6.07 Å². The van der Waals surface area contributed by atoms with Gasteiger partial charge in [0.15, 0.2) is 12.7 Å². The van der Waals surface area contributed by atoms with Crippen LogP contribution < -0.4 is 15.5 Å². The zero-order chi connectivity index (χ0) is 23.1. The van der Waals surface area contributed by atoms with Crippen LogP contribution >= 0.6 is 11.6 Å². The maximum atomic E-state index is 13.5. The minimum atomic E-state index is -0.793. The van der Waals surface area contributed by atoms with Gasteiger partial charge in [-0.25, -0.2) is 4.39 Å². The number of hydrogen-bond acceptors (Lipinski definition) is 6. The summed E-state index contributed by atoms with van der Waals surface area (Å²) >= 11 is 5.65. The first kappa shape index (κ1) is 23.2. The average molecular weight is 470 g/mol. The lowest BCUT2D eigenvalue weighted by molar-refractivity contribution is -0.162. The lowest BCUT2D eigenvalue weighted by atomic mass is 9.59. The van der Waals surface area contributed by atoms with Crippen molar-refractivity contribution in [2.45, 2.75) is 74.8 Å². The van der Waals surface area contributed by atoms with Gasteiger partial charge in [-0.3, -0.25) is 14.4 Å². The van der Waals surface area contributed by atoms with Gasteiger partial charge in [-0.05, 0) is 51.2 Å². The molecule has 2 amide bonds. The van der Waals surface area contributed by atoms with Gasteiger partial charge in [0.2, 0.25) is 0 Å². The van der Waals surface area contributed by atoms with Gasteiger partial charge in [-0.1, -0.05) is 11.6 Å². The fraction of sp³-hybridized carbons (Fsp3) is 0.636. The third-order valence-electron chi connectivity index (χ3n) is 7.23. The second-order valence-electron chi connectivity index (χ2n) is 9.27. The lowest BCUT2D eigenvalue weighted by Crippen LogP contribution is -2.71. The molecule has 3 atom stereocenters. The Bertz CT molecular complexity index is 892. The van der Waals surface area contributed by atoms with Crippen molar-refractivity contribution in [2.24, 2.45) is 0 Å². The summed E-state index contributed by atoms with van der Waals surface area (Å²) in [7, 11) is 1.78. The molecule has 3 aliphatic carbocycles. The normalized spacial score (nSPS) is 33.7. The second-order valence-corrected chi connectivity index (χ2v) is 9.68. The molecule has 3 N–H and O–H groups in total. The van der Waals surface area contributed by atoms with Crippen molar-refractivity contribution in [1.82, 2.24) is 15.7 Å². The van der Waals surface area contributed by atoms with Gasteiger partial charge in [-0.2, -0.15) is 5.48 Å². The number of carbonyl (C=O) groups is 2. The number of rotatable bonds is 6. The smallest absolute Gasteiger partial charge is 0.258 e. The van der Waals surface area contributed by atoms with Crippen LogP contribution in [0.2, 0.25) is 5.02 Å². The van der Waals surface area contributed by atoms with Gasteiger partial charge in [0.1, 0.15) is 11.6 Å². The summed E-state index contributed by atoms with van der Waals surface area (Å²) in [5, 5.41) is 13.9. The quantitative estimate of drug-likeness (QED) is 0.588. The van der Waals surface area contributed by atoms with Gasteiger partial charge in [-0.15, -0.1) is 0 Å². The first-order valence-electron chi connectivity index (χ1n) is 10.9. The molecule has 0 radical (unpaired) electrons. The minimum absolute atomic E-state index is 0.0228. The van der Waals surface area contributed by atoms with Gasteiger partial charge >= 0.3 is 0 Å². The van der Waals surface area contributed by atoms with Crippen molar-refractivity contribution in [3.8, 4) is 5.75 Å². The summed E-state index contributed by atoms with van der Waals surface area (Å²) in [5.74, 6) is -0.903. The maximum absolute atomic E-state index is 13.5. The summed E-state index contributed by atoms with van der Waals surface area (Å²) < 4.78 is 18.9. The molecule has 0 spiro atoms. The largest absolute Gasteiger partial charge is 0.484 e. The number of aliphatic hydroxyl groups excluding tert-OH is 1. The van der Waals surface area contributed by atoms with Gasteiger partial charge in [0.05, 0.1) is 16.7 Å². The van der Waals surface area contributed by atoms with Crippen molar-refractivity contribution in [3.63, 3.8) is 0 Å². The Morgan fingerprint density at radius 2 is 2.09 bits per heavy atom. The summed E-state index contributed by atoms with van der Waals surface area (Å²) in [5.41, 5.74) is 1.63. The maximum Gasteiger partial charge on any atom is 0.258 e. The fourth-order valence-corrected chi connectivity index (χ4v) is 5.30. The first-order chi connectivity index (χ1) is 15.1. The molecule has 1 heterocycles. The van der Waals surface area contributed by atoms with Gasteiger partial charge in [0, 0.05) is 31.1 Å². The number of nitrogens with one attached hydrogen (secondary N) is 2. The summed E-state index contributed by atoms with van der Waals surface area (Å²) in [4.78, 5) is 32.6. The topological polar surface area (TPSA) is 100 Å². The molecule has 2 unspecified atom stereocenters. The van der Waals surface area contributed by atoms with E-state index in [9.17, 15) is 19.1 Å². The van der Waals surface area contributed by atoms with Crippen LogP contribution in [0.15, 0.2) is 18.2 Å². The molecule has 32 heavy (non-hydrogen) atoms. The third kappa shape index (κ3) is 4.31. The van der Waals surface area contributed by atoms with E-state index in [-0.39, 0.29) is 29.3 Å². The molecule has 176 valence electrons. The molecular weight excluding hydrogens is 441 g/mol. The van der Waals surface area contributed by atoms with Crippen LogP contribution in [0, 0.1) is 5.82 Å². The van der Waals surface area contributed by atoms with Crippen LogP contribution in [0.25, 0.3) is 0 Å². The molecule has 4 fully saturated rings. The van der Waals surface area contributed by atoms with Crippen LogP contribution in [0.4, 0.5) is 4.39 Å². The number of benzene rings is 1. The third-order valence-corrected chi connectivity index (χ3v) is 7.54. The molecule has 1 aliphatic heterocycles. The number of amides is 2. The van der Waals surface area contributed by atoms with Crippen molar-refractivity contribution in [2.75, 3.05) is 13.7 Å². The van der Waals surface area contributed by atoms with Crippen molar-refractivity contribution < 1.29 is 28.7 Å². The van der Waals surface area contributed by atoms with E-state index in [2.05, 4.69) is 10.8 Å². The Morgan fingerprint density at radius 1 is 1.38 bits per heavy atom. The number of halogens is 2. The first-order valence-corrected chi connectivity index (χ1v) is 11.3. The monoisotopic (exact) mass is 469 g/mol. The fourth-order valence-electron chi connectivity index (χ4n) is 5.18. The molecule has 8 nitrogen and oxygen atoms in total. The molecule has 0 aromatic heterocycles. The molecular formula is C22H29ClFN3O5. The van der Waals surface area contributed by atoms with E-state index in [1.54, 1.807) is 11.9 Å². The molecule has 1 aromatic rings. The van der Waals surface area contributed by atoms with Crippen LogP contribution in [0.3, 0.4) is 0 Å². The predicted octanol–water partition coefficient (Wildman–Crippen LogP) is 1.93. The Balaban J connectivity index is 1.35. The number of ether oxygens (including phenoxy) is 1. The number of fused-ring (bicyclic) bond motifs is 3. The van der Waals surface area contributed by atoms with E-state index in [4.69, 9.17) is 21.2 Å². The number of carbonyl (C=O) groups excluding carboxylic acids is 2. The Morgan fingerprint density at radius 3 is 2.69 bits per heavy atom. The summed E-state index contributed by atoms with van der Waals surface area (Å²) in [6.07, 6.45) is 2.12. The van der Waals surface area contributed by atoms with E-state index >= 15 is 0 Å². The highest BCUT2D eigenvalue weighted by Crippen LogP contribution is 2.50. The van der Waals surface area contributed by atoms with E-state index in [0.29, 0.717) is 38.5 Å². The molecule has 10 heteroatoms. The van der Waals surface area contributed by atoms with E-state index < -0.39 is 35.0 Å². The molecule has 1 aromatic carbocycles. The van der Waals surface area contributed by atoms with Crippen LogP contribution in [-0.2, 0) is 14.4 Å². The predicted molar refractivity (Wildman–Crippen MR) is 114 cm³/mol. The van der Waals surface area contributed by atoms with E-state index in [1.807, 2.05) is 6.92 Å². The molecule has 4 aliphatic rings. The standard InChI is InChI=1S/C22H29ClFN3O5/c1-13-9-17(32-26-13)20(30)27(2)21-5-7-22(8-6-21,18(28)11-21)25-19(29)12-31-14-3-4-15(23)16(24)10-14/h3-4,10,13,17-18,26,28H,5-9,11-12H2,1-2H3,(H,25,29)/t13?,17?,18-,21?,22?/m0/s1. The Kier molecular flexibility index (Phi) is 6.37. The highest BCUT2D eigenvalue weighted by atomic mass is 35.5. The summed E-state index contributed by atoms with van der Waals surface area (Å²) in [6.45, 7) is 1.66. The van der Waals surface area contributed by atoms with Crippen molar-refractivity contribution in [3.05, 3.63) is 29.0 Å². The number of nitrogens with zero attached hydrogens (tertiary/aromatic N) is 1. The second kappa shape index (κ2) is 8.78. The van der Waals surface area contributed by atoms with Crippen LogP contribution in [0.1, 0.15) is 45.4 Å². The lowest BCUT2D eigenvalue weighted by Gasteiger charge is -2.59. The van der Waals surface area contributed by atoms with Gasteiger partial charge in [0.25, 0.3) is 11.8 Å². The van der Waals surface area contributed by atoms with Crippen molar-refractivity contribution in [1.29, 1.82) is 0 Å². The number of hydroxylamine groups is 1. The van der Waals surface area contributed by atoms with Gasteiger partial charge < -0.3 is 20.1 Å². The average Bonchev–Trinajstić information content (AvgIpc) is 3.21. The molecule has 5 rings (SSSR count). The Labute approximate surface area is 191 Å². The number of hydrogen-bond donors (Lipinski definition) is 3. The zero-order valence-electron chi connectivity index (χ0n) is 18.2. The Hall–Kier alpha value is -1.94. The van der Waals surface area contributed by atoms with Crippen molar-refractivity contribution >= 4 is 23.4 Å². The highest BCUT2D eigenvalue weighted by molar-refractivity contribution is 6.30. The molecule has 2 bridgehead atoms. The minimum Gasteiger partial charge on any atom is -0.484 e. The molecule has 3 saturated carbocycles. The zero-order valence-corrected chi connectivity index (χ0v) is 19.0. The summed E-state index contributed by atoms with van der Waals surface area (Å²) in [6, 6.07) is 4.08.